The zero-order valence-corrected chi connectivity index (χ0v) is 17.4. The molecule has 1 fully saturated rings. The Bertz CT molecular complexity index is 292. The number of rotatable bonds is 17. The number of aliphatic hydroxyl groups is 1. The predicted octanol–water partition coefficient (Wildman–Crippen LogP) is 7.18. The normalized spacial score (nSPS) is 23.4. The van der Waals surface area contributed by atoms with E-state index in [1.165, 1.54) is 96.3 Å². The molecule has 1 N–H and O–H groups in total. The molecule has 0 aromatic carbocycles. The zero-order chi connectivity index (χ0) is 18.2. The highest BCUT2D eigenvalue weighted by molar-refractivity contribution is 4.89. The second kappa shape index (κ2) is 15.0. The lowest BCUT2D eigenvalue weighted by Gasteiger charge is -2.30. The molecule has 1 rings (SSSR count). The molecule has 2 atom stereocenters. The number of ether oxygens (including phenoxy) is 1. The van der Waals surface area contributed by atoms with Crippen LogP contribution in [0.3, 0.4) is 0 Å². The molecule has 1 saturated heterocycles. The van der Waals surface area contributed by atoms with Gasteiger partial charge < -0.3 is 9.84 Å². The van der Waals surface area contributed by atoms with Gasteiger partial charge in [-0.15, -0.1) is 0 Å². The van der Waals surface area contributed by atoms with Crippen molar-refractivity contribution in [2.24, 2.45) is 0 Å². The van der Waals surface area contributed by atoms with Crippen LogP contribution in [-0.2, 0) is 4.74 Å². The molecule has 1 heterocycles. The summed E-state index contributed by atoms with van der Waals surface area (Å²) in [6, 6.07) is 0. The van der Waals surface area contributed by atoms with Crippen molar-refractivity contribution in [1.82, 2.24) is 0 Å². The Labute approximate surface area is 158 Å². The summed E-state index contributed by atoms with van der Waals surface area (Å²) in [4.78, 5) is 0. The van der Waals surface area contributed by atoms with Crippen LogP contribution in [0.4, 0.5) is 0 Å². The van der Waals surface area contributed by atoms with Gasteiger partial charge in [0.2, 0.25) is 0 Å². The van der Waals surface area contributed by atoms with E-state index >= 15 is 0 Å². The van der Waals surface area contributed by atoms with Gasteiger partial charge in [0.25, 0.3) is 0 Å². The van der Waals surface area contributed by atoms with E-state index in [9.17, 15) is 0 Å². The fraction of sp³-hybridized carbons (Fsp3) is 1.00. The summed E-state index contributed by atoms with van der Waals surface area (Å²) in [6.45, 7) is 4.90. The first-order chi connectivity index (χ1) is 12.3. The highest BCUT2D eigenvalue weighted by Crippen LogP contribution is 2.40. The maximum atomic E-state index is 8.99. The molecule has 0 saturated carbocycles. The Morgan fingerprint density at radius 2 is 1.32 bits per heavy atom. The third kappa shape index (κ3) is 10.6. The Hall–Kier alpha value is -0.0800. The average molecular weight is 355 g/mol. The lowest BCUT2D eigenvalue weighted by atomic mass is 9.87. The van der Waals surface area contributed by atoms with Crippen LogP contribution in [0.25, 0.3) is 0 Å². The van der Waals surface area contributed by atoms with Crippen LogP contribution in [0.2, 0.25) is 0 Å². The van der Waals surface area contributed by atoms with Crippen molar-refractivity contribution >= 4 is 0 Å². The van der Waals surface area contributed by atoms with E-state index in [1.807, 2.05) is 0 Å². The second-order valence-corrected chi connectivity index (χ2v) is 8.36. The molecule has 0 spiro atoms. The SMILES string of the molecule is CCCCCCCCCC1(CCCCCC)CCC(CCCCO)O1. The molecule has 0 radical (unpaired) electrons. The van der Waals surface area contributed by atoms with Crippen LogP contribution in [0.5, 0.6) is 0 Å². The van der Waals surface area contributed by atoms with Crippen molar-refractivity contribution in [3.05, 3.63) is 0 Å². The first kappa shape index (κ1) is 23.0. The molecule has 0 aromatic rings. The molecule has 0 aromatic heterocycles. The molecule has 0 amide bonds. The summed E-state index contributed by atoms with van der Waals surface area (Å²) >= 11 is 0. The minimum absolute atomic E-state index is 0.195. The summed E-state index contributed by atoms with van der Waals surface area (Å²) in [5.74, 6) is 0. The van der Waals surface area contributed by atoms with Crippen LogP contribution < -0.4 is 0 Å². The largest absolute Gasteiger partial charge is 0.396 e. The fourth-order valence-electron chi connectivity index (χ4n) is 4.35. The van der Waals surface area contributed by atoms with Gasteiger partial charge in [-0.1, -0.05) is 84.5 Å². The van der Waals surface area contributed by atoms with Crippen molar-refractivity contribution in [2.45, 2.75) is 141 Å². The average Bonchev–Trinajstić information content (AvgIpc) is 3.02. The molecular weight excluding hydrogens is 308 g/mol. The van der Waals surface area contributed by atoms with Crippen molar-refractivity contribution in [3.63, 3.8) is 0 Å². The highest BCUT2D eigenvalue weighted by Gasteiger charge is 2.38. The van der Waals surface area contributed by atoms with Crippen molar-refractivity contribution in [2.75, 3.05) is 6.61 Å². The summed E-state index contributed by atoms with van der Waals surface area (Å²) in [5, 5.41) is 8.99. The van der Waals surface area contributed by atoms with Gasteiger partial charge in [0, 0.05) is 6.61 Å². The van der Waals surface area contributed by atoms with Gasteiger partial charge in [-0.05, 0) is 44.9 Å². The van der Waals surface area contributed by atoms with Crippen LogP contribution >= 0.6 is 0 Å². The molecule has 25 heavy (non-hydrogen) atoms. The first-order valence-electron chi connectivity index (χ1n) is 11.5. The maximum Gasteiger partial charge on any atom is 0.0687 e. The Kier molecular flexibility index (Phi) is 13.8. The van der Waals surface area contributed by atoms with E-state index in [0.29, 0.717) is 12.7 Å². The molecule has 0 aliphatic carbocycles. The molecule has 1 aliphatic heterocycles. The number of unbranched alkanes of at least 4 members (excludes halogenated alkanes) is 10. The van der Waals surface area contributed by atoms with Crippen LogP contribution in [0, 0.1) is 0 Å². The van der Waals surface area contributed by atoms with Crippen molar-refractivity contribution in [1.29, 1.82) is 0 Å². The maximum absolute atomic E-state index is 8.99. The summed E-state index contributed by atoms with van der Waals surface area (Å²) in [5.41, 5.74) is 0.195. The van der Waals surface area contributed by atoms with E-state index < -0.39 is 0 Å². The lowest BCUT2D eigenvalue weighted by molar-refractivity contribution is -0.0579. The molecule has 2 heteroatoms. The van der Waals surface area contributed by atoms with Gasteiger partial charge in [-0.25, -0.2) is 0 Å². The summed E-state index contributed by atoms with van der Waals surface area (Å²) < 4.78 is 6.64. The van der Waals surface area contributed by atoms with Crippen LogP contribution in [0.1, 0.15) is 129 Å². The van der Waals surface area contributed by atoms with Gasteiger partial charge in [0.15, 0.2) is 0 Å². The third-order valence-corrected chi connectivity index (χ3v) is 5.99. The van der Waals surface area contributed by atoms with Crippen molar-refractivity contribution < 1.29 is 9.84 Å². The van der Waals surface area contributed by atoms with E-state index in [0.717, 1.165) is 19.3 Å². The quantitative estimate of drug-likeness (QED) is 0.280. The molecule has 1 aliphatic rings. The third-order valence-electron chi connectivity index (χ3n) is 5.99. The molecular formula is C23H46O2. The molecule has 2 unspecified atom stereocenters. The van der Waals surface area contributed by atoms with E-state index in [-0.39, 0.29) is 5.60 Å². The van der Waals surface area contributed by atoms with Gasteiger partial charge in [-0.2, -0.15) is 0 Å². The molecule has 2 nitrogen and oxygen atoms in total. The lowest BCUT2D eigenvalue weighted by Crippen LogP contribution is -2.29. The Morgan fingerprint density at radius 1 is 0.760 bits per heavy atom. The monoisotopic (exact) mass is 354 g/mol. The van der Waals surface area contributed by atoms with Crippen LogP contribution in [-0.4, -0.2) is 23.4 Å². The predicted molar refractivity (Wildman–Crippen MR) is 109 cm³/mol. The fourth-order valence-corrected chi connectivity index (χ4v) is 4.35. The number of aliphatic hydroxyl groups excluding tert-OH is 1. The second-order valence-electron chi connectivity index (χ2n) is 8.36. The highest BCUT2D eigenvalue weighted by atomic mass is 16.5. The Balaban J connectivity index is 2.30. The van der Waals surface area contributed by atoms with Gasteiger partial charge >= 0.3 is 0 Å². The smallest absolute Gasteiger partial charge is 0.0687 e. The van der Waals surface area contributed by atoms with Crippen molar-refractivity contribution in [3.8, 4) is 0 Å². The van der Waals surface area contributed by atoms with Gasteiger partial charge in [-0.3, -0.25) is 0 Å². The number of hydrogen-bond acceptors (Lipinski definition) is 2. The molecule has 150 valence electrons. The van der Waals surface area contributed by atoms with E-state index in [1.54, 1.807) is 0 Å². The summed E-state index contributed by atoms with van der Waals surface area (Å²) in [7, 11) is 0. The van der Waals surface area contributed by atoms with E-state index in [4.69, 9.17) is 9.84 Å². The van der Waals surface area contributed by atoms with Gasteiger partial charge in [0.05, 0.1) is 11.7 Å². The topological polar surface area (TPSA) is 29.5 Å². The van der Waals surface area contributed by atoms with Gasteiger partial charge in [0.1, 0.15) is 0 Å². The standard InChI is InChI=1S/C23H46O2/c1-3-5-7-9-10-11-14-19-23(18-13-8-6-4-2)20-17-22(25-23)16-12-15-21-24/h22,24H,3-21H2,1-2H3. The minimum atomic E-state index is 0.195. The zero-order valence-electron chi connectivity index (χ0n) is 17.4. The minimum Gasteiger partial charge on any atom is -0.396 e. The Morgan fingerprint density at radius 3 is 1.92 bits per heavy atom. The van der Waals surface area contributed by atoms with E-state index in [2.05, 4.69) is 13.8 Å². The van der Waals surface area contributed by atoms with Crippen LogP contribution in [0.15, 0.2) is 0 Å². The first-order valence-corrected chi connectivity index (χ1v) is 11.5. The molecule has 0 bridgehead atoms. The summed E-state index contributed by atoms with van der Waals surface area (Å²) in [6.07, 6.45) is 23.9. The number of hydrogen-bond donors (Lipinski definition) is 1.